The number of thiophene rings is 1. The lowest BCUT2D eigenvalue weighted by atomic mass is 9.94. The molecule has 2 aromatic carbocycles. The van der Waals surface area contributed by atoms with E-state index in [1.165, 1.54) is 0 Å². The molecule has 4 N–H and O–H groups in total. The summed E-state index contributed by atoms with van der Waals surface area (Å²) in [5, 5.41) is 15.3. The normalized spacial score (nSPS) is 17.9. The summed E-state index contributed by atoms with van der Waals surface area (Å²) in [6.45, 7) is 0. The number of amides is 3. The van der Waals surface area contributed by atoms with Crippen LogP contribution >= 0.6 is 34.7 Å². The van der Waals surface area contributed by atoms with E-state index in [0.29, 0.717) is 16.4 Å². The van der Waals surface area contributed by atoms with E-state index in [1.54, 1.807) is 52.8 Å². The average molecular weight is 502 g/mol. The molecule has 0 bridgehead atoms. The summed E-state index contributed by atoms with van der Waals surface area (Å²) in [6, 6.07) is 18.4. The molecule has 1 atom stereocenters. The molecule has 1 aromatic heterocycles. The number of hydrogen-bond acceptors (Lipinski definition) is 5. The van der Waals surface area contributed by atoms with Gasteiger partial charge in [-0.05, 0) is 72.7 Å². The third-order valence-electron chi connectivity index (χ3n) is 5.49. The predicted octanol–water partition coefficient (Wildman–Crippen LogP) is 6.72. The molecule has 1 aliphatic rings. The lowest BCUT2D eigenvalue weighted by molar-refractivity contribution is -0.129. The van der Waals surface area contributed by atoms with E-state index in [4.69, 9.17) is 16.8 Å². The number of hydroxylamine groups is 1. The van der Waals surface area contributed by atoms with E-state index >= 15 is 0 Å². The number of hydrogen-bond donors (Lipinski definition) is 4. The number of rotatable bonds is 6. The molecule has 4 rings (SSSR count). The smallest absolute Gasteiger partial charge is 0.308 e. The van der Waals surface area contributed by atoms with Crippen molar-refractivity contribution in [3.63, 3.8) is 0 Å². The second-order valence-corrected chi connectivity index (χ2v) is 10.8. The van der Waals surface area contributed by atoms with Crippen molar-refractivity contribution in [1.29, 1.82) is 0 Å². The summed E-state index contributed by atoms with van der Waals surface area (Å²) < 4.78 is -0.317. The van der Waals surface area contributed by atoms with Crippen molar-refractivity contribution in [1.82, 2.24) is 5.48 Å². The van der Waals surface area contributed by atoms with Crippen LogP contribution in [0.15, 0.2) is 60.7 Å². The average Bonchev–Trinajstić information content (AvgIpc) is 3.32. The van der Waals surface area contributed by atoms with Crippen molar-refractivity contribution in [2.45, 2.75) is 30.4 Å². The van der Waals surface area contributed by atoms with E-state index in [9.17, 15) is 9.59 Å². The van der Waals surface area contributed by atoms with E-state index in [0.717, 1.165) is 40.3 Å². The number of nitrogens with one attached hydrogen (secondary N) is 3. The van der Waals surface area contributed by atoms with Crippen LogP contribution in [0.3, 0.4) is 0 Å². The fraction of sp³-hybridized carbons (Fsp3) is 0.250. The highest BCUT2D eigenvalue weighted by molar-refractivity contribution is 8.00. The van der Waals surface area contributed by atoms with Crippen LogP contribution in [0.1, 0.15) is 30.6 Å². The zero-order chi connectivity index (χ0) is 23.3. The minimum absolute atomic E-state index is 0.251. The van der Waals surface area contributed by atoms with Crippen molar-refractivity contribution >= 4 is 58.0 Å². The molecule has 2 heterocycles. The molecule has 172 valence electrons. The van der Waals surface area contributed by atoms with Crippen molar-refractivity contribution in [3.8, 4) is 10.4 Å². The molecular formula is C24H24ClN3O3S2. The molecule has 0 unspecified atom stereocenters. The molecule has 3 aromatic rings. The molecule has 0 spiro atoms. The van der Waals surface area contributed by atoms with Gasteiger partial charge in [0.05, 0.1) is 4.75 Å². The number of thioether (sulfide) groups is 1. The number of halogens is 1. The number of benzene rings is 2. The highest BCUT2D eigenvalue weighted by Gasteiger charge is 2.38. The fourth-order valence-corrected chi connectivity index (χ4v) is 6.90. The van der Waals surface area contributed by atoms with Crippen molar-refractivity contribution in [3.05, 3.63) is 70.6 Å². The topological polar surface area (TPSA) is 90.5 Å². The third-order valence-corrected chi connectivity index (χ3v) is 8.82. The fourth-order valence-electron chi connectivity index (χ4n) is 3.89. The van der Waals surface area contributed by atoms with Crippen LogP contribution in [0.2, 0.25) is 5.02 Å². The molecule has 9 heteroatoms. The summed E-state index contributed by atoms with van der Waals surface area (Å²) in [6.07, 6.45) is 3.34. The van der Waals surface area contributed by atoms with E-state index in [1.807, 2.05) is 24.3 Å². The van der Waals surface area contributed by atoms with Gasteiger partial charge < -0.3 is 10.6 Å². The van der Waals surface area contributed by atoms with Crippen LogP contribution < -0.4 is 16.1 Å². The molecular weight excluding hydrogens is 478 g/mol. The molecule has 1 saturated heterocycles. The SMILES string of the molecule is O=C(C[C@]1(c2ccc(-c3cccc(NC(=O)Nc4ccc(Cl)cc4)c3)s2)CCCCS1)NO. The first-order chi connectivity index (χ1) is 16.0. The van der Waals surface area contributed by atoms with Gasteiger partial charge in [-0.2, -0.15) is 0 Å². The Hall–Kier alpha value is -2.52. The zero-order valence-corrected chi connectivity index (χ0v) is 20.2. The van der Waals surface area contributed by atoms with Crippen molar-refractivity contribution in [2.24, 2.45) is 0 Å². The highest BCUT2D eigenvalue weighted by Crippen LogP contribution is 2.50. The lowest BCUT2D eigenvalue weighted by Gasteiger charge is -2.35. The number of carbonyl (C=O) groups is 2. The first-order valence-electron chi connectivity index (χ1n) is 10.6. The van der Waals surface area contributed by atoms with Crippen LogP contribution in [-0.4, -0.2) is 22.9 Å². The van der Waals surface area contributed by atoms with Crippen molar-refractivity contribution < 1.29 is 14.8 Å². The Morgan fingerprint density at radius 1 is 1.00 bits per heavy atom. The van der Waals surface area contributed by atoms with Gasteiger partial charge in [0.1, 0.15) is 0 Å². The monoisotopic (exact) mass is 501 g/mol. The maximum absolute atomic E-state index is 12.4. The van der Waals surface area contributed by atoms with Gasteiger partial charge in [-0.15, -0.1) is 23.1 Å². The minimum atomic E-state index is -0.364. The largest absolute Gasteiger partial charge is 0.323 e. The van der Waals surface area contributed by atoms with Crippen LogP contribution in [0, 0.1) is 0 Å². The molecule has 0 aliphatic carbocycles. The number of carbonyl (C=O) groups excluding carboxylic acids is 2. The molecule has 6 nitrogen and oxygen atoms in total. The van der Waals surface area contributed by atoms with Crippen molar-refractivity contribution in [2.75, 3.05) is 16.4 Å². The van der Waals surface area contributed by atoms with Crippen LogP contribution in [0.4, 0.5) is 16.2 Å². The second kappa shape index (κ2) is 10.6. The van der Waals surface area contributed by atoms with Gasteiger partial charge in [0.2, 0.25) is 5.91 Å². The van der Waals surface area contributed by atoms with Gasteiger partial charge in [0.15, 0.2) is 0 Å². The van der Waals surface area contributed by atoms with Gasteiger partial charge in [-0.25, -0.2) is 10.3 Å². The molecule has 1 fully saturated rings. The highest BCUT2D eigenvalue weighted by atomic mass is 35.5. The Bertz CT molecular complexity index is 1130. The molecule has 33 heavy (non-hydrogen) atoms. The van der Waals surface area contributed by atoms with Gasteiger partial charge >= 0.3 is 6.03 Å². The number of anilines is 2. The minimum Gasteiger partial charge on any atom is -0.308 e. The van der Waals surface area contributed by atoms with Gasteiger partial charge in [0, 0.05) is 32.6 Å². The maximum atomic E-state index is 12.4. The Labute approximate surface area is 205 Å². The molecule has 0 radical (unpaired) electrons. The standard InChI is InChI=1S/C24H24ClN3O3S2/c25-17-6-8-18(9-7-17)26-23(30)27-19-5-3-4-16(14-19)20-10-11-21(33-20)24(15-22(29)28-31)12-1-2-13-32-24/h3-11,14,31H,1-2,12-13,15H2,(H,28,29)(H2,26,27,30)/t24-/m0/s1. The third kappa shape index (κ3) is 5.89. The Morgan fingerprint density at radius 2 is 1.79 bits per heavy atom. The quantitative estimate of drug-likeness (QED) is 0.223. The van der Waals surface area contributed by atoms with E-state index < -0.39 is 0 Å². The van der Waals surface area contributed by atoms with Gasteiger partial charge in [-0.3, -0.25) is 10.0 Å². The summed E-state index contributed by atoms with van der Waals surface area (Å²) in [4.78, 5) is 26.6. The Morgan fingerprint density at radius 3 is 2.52 bits per heavy atom. The summed E-state index contributed by atoms with van der Waals surface area (Å²) in [5.41, 5.74) is 4.10. The predicted molar refractivity (Wildman–Crippen MR) is 136 cm³/mol. The lowest BCUT2D eigenvalue weighted by Crippen LogP contribution is -2.32. The first kappa shape index (κ1) is 23.6. The van der Waals surface area contributed by atoms with Crippen LogP contribution in [0.25, 0.3) is 10.4 Å². The Kier molecular flexibility index (Phi) is 7.60. The Balaban J connectivity index is 1.50. The van der Waals surface area contributed by atoms with Gasteiger partial charge in [-0.1, -0.05) is 30.2 Å². The maximum Gasteiger partial charge on any atom is 0.323 e. The summed E-state index contributed by atoms with van der Waals surface area (Å²) in [5.74, 6) is 0.630. The number of urea groups is 1. The first-order valence-corrected chi connectivity index (χ1v) is 12.8. The van der Waals surface area contributed by atoms with Gasteiger partial charge in [0.25, 0.3) is 0 Å². The van der Waals surface area contributed by atoms with E-state index in [-0.39, 0.29) is 23.1 Å². The summed E-state index contributed by atoms with van der Waals surface area (Å²) in [7, 11) is 0. The van der Waals surface area contributed by atoms with Crippen LogP contribution in [0.5, 0.6) is 0 Å². The second-order valence-electron chi connectivity index (χ2n) is 7.84. The summed E-state index contributed by atoms with van der Waals surface area (Å²) >= 11 is 9.33. The molecule has 0 saturated carbocycles. The van der Waals surface area contributed by atoms with E-state index in [2.05, 4.69) is 22.8 Å². The molecule has 3 amide bonds. The molecule has 1 aliphatic heterocycles. The zero-order valence-electron chi connectivity index (χ0n) is 17.8. The van der Waals surface area contributed by atoms with Crippen LogP contribution in [-0.2, 0) is 9.54 Å².